The smallest absolute Gasteiger partial charge is 0.253 e. The van der Waals surface area contributed by atoms with E-state index in [1.807, 2.05) is 37.3 Å². The molecule has 1 aromatic heterocycles. The summed E-state index contributed by atoms with van der Waals surface area (Å²) in [6.07, 6.45) is 1.63. The fraction of sp³-hybridized carbons (Fsp3) is 0.333. The van der Waals surface area contributed by atoms with Crippen LogP contribution in [0.5, 0.6) is 0 Å². The van der Waals surface area contributed by atoms with Crippen molar-refractivity contribution >= 4 is 12.2 Å². The van der Waals surface area contributed by atoms with Crippen LogP contribution in [0.15, 0.2) is 30.3 Å². The number of amides is 1. The maximum atomic E-state index is 12.6. The van der Waals surface area contributed by atoms with Crippen LogP contribution < -0.4 is 10.6 Å². The molecule has 5 nitrogen and oxygen atoms in total. The van der Waals surface area contributed by atoms with Crippen LogP contribution in [0.3, 0.4) is 0 Å². The van der Waals surface area contributed by atoms with Gasteiger partial charge in [0.05, 0.1) is 11.3 Å². The second-order valence-corrected chi connectivity index (χ2v) is 5.36. The third kappa shape index (κ3) is 4.07. The number of aldehydes is 1. The fourth-order valence-corrected chi connectivity index (χ4v) is 2.61. The monoisotopic (exact) mass is 313 g/mol. The first-order valence-electron chi connectivity index (χ1n) is 7.91. The highest BCUT2D eigenvalue weighted by molar-refractivity contribution is 6.06. The van der Waals surface area contributed by atoms with Crippen LogP contribution in [0.4, 0.5) is 0 Å². The van der Waals surface area contributed by atoms with Gasteiger partial charge in [0.1, 0.15) is 0 Å². The number of hydrogen-bond acceptors (Lipinski definition) is 3. The highest BCUT2D eigenvalue weighted by atomic mass is 16.1. The second-order valence-electron chi connectivity index (χ2n) is 5.36. The van der Waals surface area contributed by atoms with E-state index in [2.05, 4.69) is 22.5 Å². The van der Waals surface area contributed by atoms with Crippen LogP contribution in [-0.2, 0) is 0 Å². The van der Waals surface area contributed by atoms with Crippen molar-refractivity contribution in [3.05, 3.63) is 47.3 Å². The highest BCUT2D eigenvalue weighted by Crippen LogP contribution is 2.29. The number of nitrogens with one attached hydrogen (secondary N) is 3. The first kappa shape index (κ1) is 17.0. The molecule has 1 aromatic carbocycles. The van der Waals surface area contributed by atoms with Gasteiger partial charge in [-0.25, -0.2) is 0 Å². The minimum atomic E-state index is -0.151. The average Bonchev–Trinajstić information content (AvgIpc) is 2.92. The van der Waals surface area contributed by atoms with E-state index in [0.717, 1.165) is 31.4 Å². The first-order chi connectivity index (χ1) is 11.2. The lowest BCUT2D eigenvalue weighted by molar-refractivity contribution is 0.0953. The van der Waals surface area contributed by atoms with Gasteiger partial charge in [-0.1, -0.05) is 37.3 Å². The van der Waals surface area contributed by atoms with Crippen LogP contribution in [0.1, 0.15) is 39.9 Å². The SMILES string of the molecule is CCNCCCNC(=O)c1c(C)[nH]c(C=O)c1-c1ccccc1. The Kier molecular flexibility index (Phi) is 6.11. The van der Waals surface area contributed by atoms with E-state index in [1.165, 1.54) is 0 Å². The van der Waals surface area contributed by atoms with Gasteiger partial charge in [0.15, 0.2) is 6.29 Å². The normalized spacial score (nSPS) is 10.5. The van der Waals surface area contributed by atoms with E-state index < -0.39 is 0 Å². The zero-order valence-corrected chi connectivity index (χ0v) is 13.6. The van der Waals surface area contributed by atoms with Crippen LogP contribution in [0.2, 0.25) is 0 Å². The molecule has 0 unspecified atom stereocenters. The predicted octanol–water partition coefficient (Wildman–Crippen LogP) is 2.53. The number of aryl methyl sites for hydroxylation is 1. The number of H-pyrrole nitrogens is 1. The summed E-state index contributed by atoms with van der Waals surface area (Å²) in [6.45, 7) is 6.25. The van der Waals surface area contributed by atoms with E-state index in [1.54, 1.807) is 0 Å². The lowest BCUT2D eigenvalue weighted by Crippen LogP contribution is -2.28. The van der Waals surface area contributed by atoms with Crippen molar-refractivity contribution in [2.24, 2.45) is 0 Å². The van der Waals surface area contributed by atoms with E-state index in [9.17, 15) is 9.59 Å². The number of rotatable bonds is 8. The van der Waals surface area contributed by atoms with Gasteiger partial charge < -0.3 is 15.6 Å². The molecular formula is C18H23N3O2. The third-order valence-corrected chi connectivity index (χ3v) is 3.69. The Hall–Kier alpha value is -2.40. The zero-order chi connectivity index (χ0) is 16.7. The third-order valence-electron chi connectivity index (χ3n) is 3.69. The standard InChI is InChI=1S/C18H23N3O2/c1-3-19-10-7-11-20-18(23)16-13(2)21-15(12-22)17(16)14-8-5-4-6-9-14/h4-6,8-9,12,19,21H,3,7,10-11H2,1-2H3,(H,20,23). The summed E-state index contributed by atoms with van der Waals surface area (Å²) in [4.78, 5) is 26.9. The largest absolute Gasteiger partial charge is 0.355 e. The zero-order valence-electron chi connectivity index (χ0n) is 13.6. The van der Waals surface area contributed by atoms with Crippen LogP contribution in [0, 0.1) is 6.92 Å². The van der Waals surface area contributed by atoms with Crippen molar-refractivity contribution in [2.45, 2.75) is 20.3 Å². The molecule has 2 aromatic rings. The summed E-state index contributed by atoms with van der Waals surface area (Å²) in [5.41, 5.74) is 3.21. The van der Waals surface area contributed by atoms with E-state index in [0.29, 0.717) is 29.1 Å². The molecule has 0 aliphatic carbocycles. The van der Waals surface area contributed by atoms with Crippen molar-refractivity contribution in [1.29, 1.82) is 0 Å². The van der Waals surface area contributed by atoms with Gasteiger partial charge in [-0.05, 0) is 32.0 Å². The molecular weight excluding hydrogens is 290 g/mol. The number of aromatic amines is 1. The Balaban J connectivity index is 2.22. The average molecular weight is 313 g/mol. The summed E-state index contributed by atoms with van der Waals surface area (Å²) < 4.78 is 0. The lowest BCUT2D eigenvalue weighted by atomic mass is 10.00. The van der Waals surface area contributed by atoms with Gasteiger partial charge in [0.2, 0.25) is 0 Å². The summed E-state index contributed by atoms with van der Waals surface area (Å²) in [7, 11) is 0. The molecule has 0 radical (unpaired) electrons. The topological polar surface area (TPSA) is 74.0 Å². The molecule has 0 saturated carbocycles. The van der Waals surface area contributed by atoms with Crippen LogP contribution >= 0.6 is 0 Å². The van der Waals surface area contributed by atoms with Crippen LogP contribution in [0.25, 0.3) is 11.1 Å². The molecule has 0 aliphatic heterocycles. The van der Waals surface area contributed by atoms with Crippen molar-refractivity contribution in [1.82, 2.24) is 15.6 Å². The Labute approximate surface area is 136 Å². The quantitative estimate of drug-likeness (QED) is 0.518. The number of carbonyl (C=O) groups is 2. The molecule has 2 rings (SSSR count). The Morgan fingerprint density at radius 1 is 1.22 bits per heavy atom. The number of hydrogen-bond donors (Lipinski definition) is 3. The van der Waals surface area contributed by atoms with Gasteiger partial charge in [0, 0.05) is 17.8 Å². The van der Waals surface area contributed by atoms with Crippen molar-refractivity contribution in [2.75, 3.05) is 19.6 Å². The molecule has 1 heterocycles. The molecule has 0 atom stereocenters. The molecule has 0 saturated heterocycles. The van der Waals surface area contributed by atoms with Crippen molar-refractivity contribution in [3.8, 4) is 11.1 Å². The van der Waals surface area contributed by atoms with Gasteiger partial charge in [-0.2, -0.15) is 0 Å². The van der Waals surface area contributed by atoms with E-state index in [-0.39, 0.29) is 5.91 Å². The summed E-state index contributed by atoms with van der Waals surface area (Å²) in [6, 6.07) is 9.49. The van der Waals surface area contributed by atoms with Gasteiger partial charge in [-0.15, -0.1) is 0 Å². The fourth-order valence-electron chi connectivity index (χ4n) is 2.61. The Bertz CT molecular complexity index is 662. The van der Waals surface area contributed by atoms with E-state index >= 15 is 0 Å². The molecule has 0 aliphatic rings. The summed E-state index contributed by atoms with van der Waals surface area (Å²) in [5, 5.41) is 6.15. The number of aromatic nitrogens is 1. The molecule has 0 fully saturated rings. The molecule has 23 heavy (non-hydrogen) atoms. The van der Waals surface area contributed by atoms with Crippen LogP contribution in [-0.4, -0.2) is 36.8 Å². The summed E-state index contributed by atoms with van der Waals surface area (Å²) >= 11 is 0. The summed E-state index contributed by atoms with van der Waals surface area (Å²) in [5.74, 6) is -0.151. The molecule has 3 N–H and O–H groups in total. The molecule has 0 spiro atoms. The minimum absolute atomic E-state index is 0.151. The van der Waals surface area contributed by atoms with Crippen molar-refractivity contribution < 1.29 is 9.59 Å². The maximum absolute atomic E-state index is 12.6. The molecule has 122 valence electrons. The van der Waals surface area contributed by atoms with Gasteiger partial charge in [-0.3, -0.25) is 9.59 Å². The number of carbonyl (C=O) groups excluding carboxylic acids is 2. The molecule has 0 bridgehead atoms. The Morgan fingerprint density at radius 3 is 2.61 bits per heavy atom. The minimum Gasteiger partial charge on any atom is -0.355 e. The highest BCUT2D eigenvalue weighted by Gasteiger charge is 2.21. The predicted molar refractivity (Wildman–Crippen MR) is 91.8 cm³/mol. The first-order valence-corrected chi connectivity index (χ1v) is 7.91. The molecule has 1 amide bonds. The van der Waals surface area contributed by atoms with Gasteiger partial charge >= 0.3 is 0 Å². The maximum Gasteiger partial charge on any atom is 0.253 e. The lowest BCUT2D eigenvalue weighted by Gasteiger charge is -2.08. The van der Waals surface area contributed by atoms with Gasteiger partial charge in [0.25, 0.3) is 5.91 Å². The Morgan fingerprint density at radius 2 is 1.96 bits per heavy atom. The van der Waals surface area contributed by atoms with Crippen molar-refractivity contribution in [3.63, 3.8) is 0 Å². The number of benzene rings is 1. The second kappa shape index (κ2) is 8.29. The van der Waals surface area contributed by atoms with E-state index in [4.69, 9.17) is 0 Å². The molecule has 5 heteroatoms.